The SMILES string of the molecule is O=C1C(Nc2cccc(Br)c2)=C(Sc2ccc(Cl)cc2)C(=O)N1Cc1ccccc1. The zero-order valence-electron chi connectivity index (χ0n) is 15.6. The van der Waals surface area contributed by atoms with Gasteiger partial charge in [0.25, 0.3) is 11.8 Å². The van der Waals surface area contributed by atoms with Crippen molar-refractivity contribution in [3.05, 3.63) is 105 Å². The van der Waals surface area contributed by atoms with Gasteiger partial charge in [0.2, 0.25) is 0 Å². The van der Waals surface area contributed by atoms with E-state index in [2.05, 4.69) is 21.2 Å². The minimum Gasteiger partial charge on any atom is -0.350 e. The number of halogens is 2. The standard InChI is InChI=1S/C23H16BrClN2O2S/c24-16-7-4-8-18(13-16)26-20-21(30-19-11-9-17(25)10-12-19)23(29)27(22(20)28)14-15-5-2-1-3-6-15/h1-13,26H,14H2. The van der Waals surface area contributed by atoms with Crippen molar-refractivity contribution >= 4 is 56.8 Å². The van der Waals surface area contributed by atoms with E-state index >= 15 is 0 Å². The summed E-state index contributed by atoms with van der Waals surface area (Å²) in [5.41, 5.74) is 1.88. The van der Waals surface area contributed by atoms with Gasteiger partial charge in [-0.25, -0.2) is 0 Å². The fraction of sp³-hybridized carbons (Fsp3) is 0.0435. The maximum absolute atomic E-state index is 13.2. The quantitative estimate of drug-likeness (QED) is 0.417. The molecule has 150 valence electrons. The monoisotopic (exact) mass is 498 g/mol. The van der Waals surface area contributed by atoms with E-state index in [0.29, 0.717) is 9.93 Å². The Kier molecular flexibility index (Phi) is 6.27. The fourth-order valence-electron chi connectivity index (χ4n) is 3.00. The van der Waals surface area contributed by atoms with Crippen LogP contribution in [0.3, 0.4) is 0 Å². The van der Waals surface area contributed by atoms with E-state index in [1.807, 2.05) is 66.7 Å². The molecule has 3 aromatic carbocycles. The van der Waals surface area contributed by atoms with Gasteiger partial charge in [-0.3, -0.25) is 14.5 Å². The molecule has 0 fully saturated rings. The summed E-state index contributed by atoms with van der Waals surface area (Å²) in [6, 6.07) is 24.1. The van der Waals surface area contributed by atoms with Gasteiger partial charge in [0.1, 0.15) is 10.6 Å². The largest absolute Gasteiger partial charge is 0.350 e. The molecule has 1 heterocycles. The molecule has 0 bridgehead atoms. The summed E-state index contributed by atoms with van der Waals surface area (Å²) in [5, 5.41) is 3.76. The first kappa shape index (κ1) is 20.7. The van der Waals surface area contributed by atoms with Crippen LogP contribution in [0.2, 0.25) is 5.02 Å². The summed E-state index contributed by atoms with van der Waals surface area (Å²) >= 11 is 10.7. The number of amides is 2. The second kappa shape index (κ2) is 9.08. The Bertz CT molecular complexity index is 1130. The topological polar surface area (TPSA) is 49.4 Å². The number of hydrogen-bond donors (Lipinski definition) is 1. The molecule has 1 N–H and O–H groups in total. The van der Waals surface area contributed by atoms with Crippen molar-refractivity contribution in [3.63, 3.8) is 0 Å². The molecule has 0 atom stereocenters. The van der Waals surface area contributed by atoms with Gasteiger partial charge in [-0.05, 0) is 48.0 Å². The van der Waals surface area contributed by atoms with Crippen molar-refractivity contribution in [2.45, 2.75) is 11.4 Å². The van der Waals surface area contributed by atoms with Gasteiger partial charge in [0.15, 0.2) is 0 Å². The van der Waals surface area contributed by atoms with Gasteiger partial charge >= 0.3 is 0 Å². The van der Waals surface area contributed by atoms with E-state index in [1.54, 1.807) is 12.1 Å². The molecule has 0 saturated heterocycles. The molecule has 2 amide bonds. The molecule has 0 saturated carbocycles. The molecule has 30 heavy (non-hydrogen) atoms. The predicted octanol–water partition coefficient (Wildman–Crippen LogP) is 6.09. The smallest absolute Gasteiger partial charge is 0.278 e. The summed E-state index contributed by atoms with van der Waals surface area (Å²) in [5.74, 6) is -0.665. The Morgan fingerprint density at radius 2 is 1.63 bits per heavy atom. The third-order valence-corrected chi connectivity index (χ3v) is 6.27. The highest BCUT2D eigenvalue weighted by atomic mass is 79.9. The summed E-state index contributed by atoms with van der Waals surface area (Å²) in [6.45, 7) is 0.215. The zero-order chi connectivity index (χ0) is 21.1. The molecule has 3 aromatic rings. The first-order valence-corrected chi connectivity index (χ1v) is 11.1. The summed E-state index contributed by atoms with van der Waals surface area (Å²) < 4.78 is 0.873. The average molecular weight is 500 g/mol. The van der Waals surface area contributed by atoms with Crippen LogP contribution >= 0.6 is 39.3 Å². The van der Waals surface area contributed by atoms with E-state index in [9.17, 15) is 9.59 Å². The van der Waals surface area contributed by atoms with Crippen LogP contribution in [0.5, 0.6) is 0 Å². The summed E-state index contributed by atoms with van der Waals surface area (Å²) in [7, 11) is 0. The van der Waals surface area contributed by atoms with Crippen LogP contribution in [-0.4, -0.2) is 16.7 Å². The van der Waals surface area contributed by atoms with Gasteiger partial charge in [-0.1, -0.05) is 75.7 Å². The Balaban J connectivity index is 1.68. The van der Waals surface area contributed by atoms with Gasteiger partial charge < -0.3 is 5.32 Å². The third kappa shape index (κ3) is 4.61. The van der Waals surface area contributed by atoms with Crippen molar-refractivity contribution in [2.24, 2.45) is 0 Å². The number of nitrogens with one attached hydrogen (secondary N) is 1. The number of rotatable bonds is 6. The van der Waals surface area contributed by atoms with E-state index in [0.717, 1.165) is 20.6 Å². The molecule has 0 radical (unpaired) electrons. The highest BCUT2D eigenvalue weighted by Gasteiger charge is 2.39. The van der Waals surface area contributed by atoms with E-state index < -0.39 is 0 Å². The van der Waals surface area contributed by atoms with Crippen molar-refractivity contribution in [1.82, 2.24) is 4.90 Å². The van der Waals surface area contributed by atoms with Crippen molar-refractivity contribution in [2.75, 3.05) is 5.32 Å². The Hall–Kier alpha value is -2.54. The first-order chi connectivity index (χ1) is 14.5. The number of nitrogens with zero attached hydrogens (tertiary/aromatic N) is 1. The number of carbonyl (C=O) groups is 2. The number of benzene rings is 3. The number of anilines is 1. The average Bonchev–Trinajstić information content (AvgIpc) is 2.95. The van der Waals surface area contributed by atoms with Crippen LogP contribution in [0.4, 0.5) is 5.69 Å². The first-order valence-electron chi connectivity index (χ1n) is 9.11. The summed E-state index contributed by atoms with van der Waals surface area (Å²) in [6.07, 6.45) is 0. The lowest BCUT2D eigenvalue weighted by atomic mass is 10.2. The molecule has 1 aliphatic rings. The van der Waals surface area contributed by atoms with Gasteiger partial charge in [-0.2, -0.15) is 0 Å². The predicted molar refractivity (Wildman–Crippen MR) is 124 cm³/mol. The maximum Gasteiger partial charge on any atom is 0.278 e. The minimum absolute atomic E-state index is 0.215. The van der Waals surface area contributed by atoms with Crippen molar-refractivity contribution in [3.8, 4) is 0 Å². The normalized spacial score (nSPS) is 13.9. The lowest BCUT2D eigenvalue weighted by Crippen LogP contribution is -2.31. The third-order valence-electron chi connectivity index (χ3n) is 4.44. The number of hydrogen-bond acceptors (Lipinski definition) is 4. The molecule has 4 rings (SSSR count). The molecule has 7 heteroatoms. The number of thioether (sulfide) groups is 1. The number of imide groups is 1. The Labute approximate surface area is 192 Å². The molecule has 1 aliphatic heterocycles. The minimum atomic E-state index is -0.347. The second-order valence-corrected chi connectivity index (χ2v) is 9.01. The van der Waals surface area contributed by atoms with Crippen LogP contribution < -0.4 is 5.32 Å². The van der Waals surface area contributed by atoms with E-state index in [-0.39, 0.29) is 24.1 Å². The van der Waals surface area contributed by atoms with Crippen molar-refractivity contribution in [1.29, 1.82) is 0 Å². The molecule has 0 aromatic heterocycles. The second-order valence-electron chi connectivity index (χ2n) is 6.58. The van der Waals surface area contributed by atoms with Crippen LogP contribution in [0.15, 0.2) is 98.8 Å². The molecule has 0 aliphatic carbocycles. The van der Waals surface area contributed by atoms with Gasteiger partial charge in [0.05, 0.1) is 6.54 Å². The molecular weight excluding hydrogens is 484 g/mol. The highest BCUT2D eigenvalue weighted by molar-refractivity contribution is 9.10. The van der Waals surface area contributed by atoms with Crippen LogP contribution in [0, 0.1) is 0 Å². The lowest BCUT2D eigenvalue weighted by Gasteiger charge is -2.15. The molecular formula is C23H16BrClN2O2S. The van der Waals surface area contributed by atoms with E-state index in [4.69, 9.17) is 11.6 Å². The Morgan fingerprint density at radius 3 is 2.33 bits per heavy atom. The Morgan fingerprint density at radius 1 is 0.900 bits per heavy atom. The van der Waals surface area contributed by atoms with Gasteiger partial charge in [0, 0.05) is 20.1 Å². The highest BCUT2D eigenvalue weighted by Crippen LogP contribution is 2.37. The molecule has 0 spiro atoms. The van der Waals surface area contributed by atoms with Crippen LogP contribution in [0.25, 0.3) is 0 Å². The van der Waals surface area contributed by atoms with E-state index in [1.165, 1.54) is 16.7 Å². The fourth-order valence-corrected chi connectivity index (χ4v) is 4.47. The molecule has 4 nitrogen and oxygen atoms in total. The number of carbonyl (C=O) groups excluding carboxylic acids is 2. The van der Waals surface area contributed by atoms with Gasteiger partial charge in [-0.15, -0.1) is 0 Å². The molecule has 0 unspecified atom stereocenters. The van der Waals surface area contributed by atoms with Crippen molar-refractivity contribution < 1.29 is 9.59 Å². The van der Waals surface area contributed by atoms with Crippen LogP contribution in [0.1, 0.15) is 5.56 Å². The van der Waals surface area contributed by atoms with Crippen LogP contribution in [-0.2, 0) is 16.1 Å². The lowest BCUT2D eigenvalue weighted by molar-refractivity contribution is -0.137. The summed E-state index contributed by atoms with van der Waals surface area (Å²) in [4.78, 5) is 28.9. The maximum atomic E-state index is 13.2. The zero-order valence-corrected chi connectivity index (χ0v) is 18.8.